The summed E-state index contributed by atoms with van der Waals surface area (Å²) < 4.78 is 13.8. The van der Waals surface area contributed by atoms with Crippen LogP contribution >= 0.6 is 0 Å². The highest BCUT2D eigenvalue weighted by atomic mass is 19.1. The van der Waals surface area contributed by atoms with Crippen molar-refractivity contribution in [1.82, 2.24) is 4.90 Å². The summed E-state index contributed by atoms with van der Waals surface area (Å²) in [6.07, 6.45) is 1.10. The van der Waals surface area contributed by atoms with Gasteiger partial charge in [-0.15, -0.1) is 0 Å². The van der Waals surface area contributed by atoms with Crippen molar-refractivity contribution in [3.63, 3.8) is 0 Å². The molecule has 0 amide bonds. The molecule has 0 aliphatic carbocycles. The molecular weight excluding hydrogens is 241 g/mol. The summed E-state index contributed by atoms with van der Waals surface area (Å²) in [6, 6.07) is 7.06. The van der Waals surface area contributed by atoms with Gasteiger partial charge in [0.2, 0.25) is 0 Å². The maximum absolute atomic E-state index is 13.8. The third-order valence-electron chi connectivity index (χ3n) is 3.62. The highest BCUT2D eigenvalue weighted by Gasteiger charge is 2.11. The van der Waals surface area contributed by atoms with Gasteiger partial charge in [0.05, 0.1) is 17.3 Å². The molecule has 1 atom stereocenters. The van der Waals surface area contributed by atoms with Gasteiger partial charge in [0.25, 0.3) is 0 Å². The predicted octanol–water partition coefficient (Wildman–Crippen LogP) is 2.86. The van der Waals surface area contributed by atoms with Gasteiger partial charge in [0.15, 0.2) is 0 Å². The monoisotopic (exact) mass is 263 g/mol. The Hall–Kier alpha value is -1.60. The summed E-state index contributed by atoms with van der Waals surface area (Å²) in [5.74, 6) is -0.340. The molecule has 104 valence electrons. The molecule has 0 bridgehead atoms. The van der Waals surface area contributed by atoms with Crippen LogP contribution in [-0.2, 0) is 0 Å². The quantitative estimate of drug-likeness (QED) is 0.790. The van der Waals surface area contributed by atoms with Crippen molar-refractivity contribution in [1.29, 1.82) is 5.26 Å². The van der Waals surface area contributed by atoms with Crippen LogP contribution in [0.5, 0.6) is 0 Å². The van der Waals surface area contributed by atoms with Gasteiger partial charge < -0.3 is 9.80 Å². The van der Waals surface area contributed by atoms with E-state index in [0.29, 0.717) is 17.3 Å². The van der Waals surface area contributed by atoms with Crippen LogP contribution in [0.1, 0.15) is 25.8 Å². The average Bonchev–Trinajstić information content (AvgIpc) is 2.43. The molecule has 0 N–H and O–H groups in total. The van der Waals surface area contributed by atoms with Crippen LogP contribution in [0.2, 0.25) is 0 Å². The molecule has 0 radical (unpaired) electrons. The van der Waals surface area contributed by atoms with Gasteiger partial charge in [0.1, 0.15) is 5.82 Å². The number of nitriles is 1. The average molecular weight is 263 g/mol. The molecule has 1 aromatic carbocycles. The first-order chi connectivity index (χ1) is 8.99. The van der Waals surface area contributed by atoms with Crippen molar-refractivity contribution in [3.8, 4) is 6.07 Å². The Morgan fingerprint density at radius 1 is 1.32 bits per heavy atom. The van der Waals surface area contributed by atoms with E-state index in [1.165, 1.54) is 6.07 Å². The van der Waals surface area contributed by atoms with E-state index in [2.05, 4.69) is 25.8 Å². The minimum atomic E-state index is -0.340. The topological polar surface area (TPSA) is 30.3 Å². The summed E-state index contributed by atoms with van der Waals surface area (Å²) in [5.41, 5.74) is 0.892. The molecule has 0 aromatic heterocycles. The van der Waals surface area contributed by atoms with Crippen molar-refractivity contribution >= 4 is 5.69 Å². The summed E-state index contributed by atoms with van der Waals surface area (Å²) in [7, 11) is 3.95. The van der Waals surface area contributed by atoms with E-state index in [4.69, 9.17) is 5.26 Å². The predicted molar refractivity (Wildman–Crippen MR) is 76.8 cm³/mol. The normalized spacial score (nSPS) is 12.3. The molecule has 1 rings (SSSR count). The number of rotatable bonds is 6. The van der Waals surface area contributed by atoms with E-state index in [1.54, 1.807) is 12.1 Å². The number of likely N-dealkylation sites (N-methyl/N-ethyl adjacent to an activating group) is 2. The zero-order chi connectivity index (χ0) is 14.4. The van der Waals surface area contributed by atoms with Gasteiger partial charge >= 0.3 is 0 Å². The second kappa shape index (κ2) is 7.10. The molecule has 0 aliphatic rings. The lowest BCUT2D eigenvalue weighted by atomic mass is 10.2. The van der Waals surface area contributed by atoms with E-state index >= 15 is 0 Å². The van der Waals surface area contributed by atoms with Crippen LogP contribution in [0.15, 0.2) is 18.2 Å². The van der Waals surface area contributed by atoms with Crippen LogP contribution in [0.25, 0.3) is 0 Å². The Balaban J connectivity index is 2.64. The summed E-state index contributed by atoms with van der Waals surface area (Å²) in [6.45, 7) is 5.97. The number of halogens is 1. The lowest BCUT2D eigenvalue weighted by Gasteiger charge is -2.27. The van der Waals surface area contributed by atoms with Crippen molar-refractivity contribution in [2.45, 2.75) is 26.3 Å². The molecule has 1 unspecified atom stereocenters. The molecular formula is C15H22FN3. The van der Waals surface area contributed by atoms with E-state index in [-0.39, 0.29) is 5.82 Å². The molecule has 3 nitrogen and oxygen atoms in total. The third-order valence-corrected chi connectivity index (χ3v) is 3.62. The Morgan fingerprint density at radius 2 is 2.00 bits per heavy atom. The molecule has 0 aliphatic heterocycles. The van der Waals surface area contributed by atoms with Crippen molar-refractivity contribution in [2.24, 2.45) is 0 Å². The standard InChI is InChI=1S/C15H22FN3/c1-5-12(2)18(3)8-9-19(4)15-7-6-13(11-17)10-14(15)16/h6-7,10,12H,5,8-9H2,1-4H3. The second-order valence-electron chi connectivity index (χ2n) is 4.94. The Kier molecular flexibility index (Phi) is 5.78. The number of nitrogens with zero attached hydrogens (tertiary/aromatic N) is 3. The maximum atomic E-state index is 13.8. The van der Waals surface area contributed by atoms with Crippen LogP contribution in [0.4, 0.5) is 10.1 Å². The zero-order valence-electron chi connectivity index (χ0n) is 12.2. The first kappa shape index (κ1) is 15.5. The van der Waals surface area contributed by atoms with Crippen molar-refractivity contribution in [2.75, 3.05) is 32.1 Å². The first-order valence-electron chi connectivity index (χ1n) is 6.60. The van der Waals surface area contributed by atoms with Gasteiger partial charge in [-0.2, -0.15) is 5.26 Å². The van der Waals surface area contributed by atoms with Crippen LogP contribution in [0, 0.1) is 17.1 Å². The SMILES string of the molecule is CCC(C)N(C)CCN(C)c1ccc(C#N)cc1F. The number of benzene rings is 1. The van der Waals surface area contributed by atoms with Crippen LogP contribution < -0.4 is 4.90 Å². The van der Waals surface area contributed by atoms with E-state index < -0.39 is 0 Å². The van der Waals surface area contributed by atoms with Crippen molar-refractivity contribution < 1.29 is 4.39 Å². The zero-order valence-corrected chi connectivity index (χ0v) is 12.2. The summed E-state index contributed by atoms with van der Waals surface area (Å²) >= 11 is 0. The first-order valence-corrected chi connectivity index (χ1v) is 6.60. The minimum Gasteiger partial charge on any atom is -0.371 e. The summed E-state index contributed by atoms with van der Waals surface area (Å²) in [5, 5.41) is 8.72. The molecule has 0 saturated heterocycles. The second-order valence-corrected chi connectivity index (χ2v) is 4.94. The number of hydrogen-bond acceptors (Lipinski definition) is 3. The molecule has 0 saturated carbocycles. The van der Waals surface area contributed by atoms with E-state index in [0.717, 1.165) is 19.5 Å². The van der Waals surface area contributed by atoms with Gasteiger partial charge in [-0.1, -0.05) is 6.92 Å². The molecule has 0 heterocycles. The van der Waals surface area contributed by atoms with Gasteiger partial charge in [0, 0.05) is 26.2 Å². The largest absolute Gasteiger partial charge is 0.371 e. The Labute approximate surface area is 115 Å². The number of hydrogen-bond donors (Lipinski definition) is 0. The fourth-order valence-electron chi connectivity index (χ4n) is 1.85. The molecule has 0 fully saturated rings. The maximum Gasteiger partial charge on any atom is 0.147 e. The van der Waals surface area contributed by atoms with Crippen LogP contribution in [-0.4, -0.2) is 38.1 Å². The Morgan fingerprint density at radius 3 is 2.53 bits per heavy atom. The smallest absolute Gasteiger partial charge is 0.147 e. The fraction of sp³-hybridized carbons (Fsp3) is 0.533. The minimum absolute atomic E-state index is 0.340. The molecule has 1 aromatic rings. The lowest BCUT2D eigenvalue weighted by molar-refractivity contribution is 0.257. The van der Waals surface area contributed by atoms with Gasteiger partial charge in [-0.05, 0) is 38.6 Å². The van der Waals surface area contributed by atoms with Gasteiger partial charge in [-0.25, -0.2) is 4.39 Å². The Bertz CT molecular complexity index is 453. The third kappa shape index (κ3) is 4.22. The lowest BCUT2D eigenvalue weighted by Crippen LogP contribution is -2.36. The van der Waals surface area contributed by atoms with E-state index in [9.17, 15) is 4.39 Å². The number of anilines is 1. The summed E-state index contributed by atoms with van der Waals surface area (Å²) in [4.78, 5) is 4.15. The molecule has 0 spiro atoms. The fourth-order valence-corrected chi connectivity index (χ4v) is 1.85. The molecule has 4 heteroatoms. The molecule has 19 heavy (non-hydrogen) atoms. The van der Waals surface area contributed by atoms with Crippen LogP contribution in [0.3, 0.4) is 0 Å². The highest BCUT2D eigenvalue weighted by Crippen LogP contribution is 2.19. The van der Waals surface area contributed by atoms with Crippen molar-refractivity contribution in [3.05, 3.63) is 29.6 Å². The highest BCUT2D eigenvalue weighted by molar-refractivity contribution is 5.50. The van der Waals surface area contributed by atoms with E-state index in [1.807, 2.05) is 18.0 Å². The van der Waals surface area contributed by atoms with Gasteiger partial charge in [-0.3, -0.25) is 0 Å².